The van der Waals surface area contributed by atoms with E-state index in [4.69, 9.17) is 10.2 Å². The Kier molecular flexibility index (Phi) is 4.87. The van der Waals surface area contributed by atoms with Crippen LogP contribution >= 0.6 is 27.3 Å². The Morgan fingerprint density at radius 2 is 2.26 bits per heavy atom. The van der Waals surface area contributed by atoms with E-state index in [1.54, 1.807) is 11.3 Å². The third-order valence-corrected chi connectivity index (χ3v) is 4.59. The average molecular weight is 396 g/mol. The Bertz CT molecular complexity index is 824. The third-order valence-electron chi connectivity index (χ3n) is 3.08. The van der Waals surface area contributed by atoms with Gasteiger partial charge in [0, 0.05) is 17.4 Å². The number of aromatic nitrogens is 3. The molecule has 3 aromatic rings. The first-order valence-corrected chi connectivity index (χ1v) is 8.60. The second kappa shape index (κ2) is 7.05. The molecule has 0 atom stereocenters. The van der Waals surface area contributed by atoms with E-state index in [9.17, 15) is 4.79 Å². The minimum atomic E-state index is 0.0869. The van der Waals surface area contributed by atoms with Crippen molar-refractivity contribution in [1.29, 1.82) is 0 Å². The molecule has 0 saturated carbocycles. The predicted molar refractivity (Wildman–Crippen MR) is 91.1 cm³/mol. The number of carbonyl (C=O) groups is 1. The van der Waals surface area contributed by atoms with Gasteiger partial charge in [0.1, 0.15) is 5.01 Å². The number of fused-ring (bicyclic) bond motifs is 1. The van der Waals surface area contributed by atoms with E-state index in [2.05, 4.69) is 36.4 Å². The predicted octanol–water partition coefficient (Wildman–Crippen LogP) is 2.51. The fraction of sp³-hybridized carbons (Fsp3) is 0.286. The summed E-state index contributed by atoms with van der Waals surface area (Å²) in [6.45, 7) is 0.888. The number of hydrogen-bond donors (Lipinski definition) is 2. The summed E-state index contributed by atoms with van der Waals surface area (Å²) in [5.74, 6) is 0.690. The van der Waals surface area contributed by atoms with Crippen molar-refractivity contribution in [2.75, 3.05) is 12.3 Å². The first kappa shape index (κ1) is 15.9. The number of hydrogen-bond acceptors (Lipinski definition) is 7. The second-order valence-corrected chi connectivity index (χ2v) is 6.91. The van der Waals surface area contributed by atoms with Gasteiger partial charge in [-0.25, -0.2) is 4.98 Å². The molecule has 0 radical (unpaired) electrons. The van der Waals surface area contributed by atoms with Crippen molar-refractivity contribution in [3.05, 3.63) is 33.6 Å². The van der Waals surface area contributed by atoms with Gasteiger partial charge in [-0.15, -0.1) is 16.4 Å². The van der Waals surface area contributed by atoms with E-state index in [0.29, 0.717) is 12.3 Å². The Hall–Kier alpha value is -2.00. The molecule has 0 bridgehead atoms. The fourth-order valence-electron chi connectivity index (χ4n) is 2.05. The molecule has 120 valence electrons. The van der Waals surface area contributed by atoms with Crippen molar-refractivity contribution in [1.82, 2.24) is 20.5 Å². The molecule has 4 rings (SSSR count). The minimum absolute atomic E-state index is 0.0869. The van der Waals surface area contributed by atoms with Crippen LogP contribution in [0.4, 0.5) is 6.01 Å². The van der Waals surface area contributed by atoms with Crippen molar-refractivity contribution < 1.29 is 9.21 Å². The molecule has 7 nitrogen and oxygen atoms in total. The number of carbonyl (C=O) groups excluding carboxylic acids is 1. The van der Waals surface area contributed by atoms with Crippen LogP contribution in [0.3, 0.4) is 0 Å². The van der Waals surface area contributed by atoms with Crippen LogP contribution < -0.4 is 11.1 Å². The third kappa shape index (κ3) is 4.26. The van der Waals surface area contributed by atoms with Gasteiger partial charge in [0.2, 0.25) is 11.8 Å². The molecule has 1 aliphatic heterocycles. The molecule has 0 unspecified atom stereocenters. The molecule has 1 amide bonds. The Labute approximate surface area is 144 Å². The monoisotopic (exact) mass is 395 g/mol. The Morgan fingerprint density at radius 3 is 2.87 bits per heavy atom. The van der Waals surface area contributed by atoms with Crippen LogP contribution in [0.15, 0.2) is 27.1 Å². The highest BCUT2D eigenvalue weighted by Crippen LogP contribution is 2.26. The van der Waals surface area contributed by atoms with Crippen molar-refractivity contribution in [3.8, 4) is 0 Å². The van der Waals surface area contributed by atoms with E-state index in [1.807, 2.05) is 18.2 Å². The van der Waals surface area contributed by atoms with E-state index in [1.165, 1.54) is 0 Å². The summed E-state index contributed by atoms with van der Waals surface area (Å²) in [5, 5.41) is 11.0. The van der Waals surface area contributed by atoms with Gasteiger partial charge >= 0.3 is 6.01 Å². The Balaban J connectivity index is 0.000000220. The van der Waals surface area contributed by atoms with Crippen LogP contribution in [0.25, 0.3) is 10.2 Å². The van der Waals surface area contributed by atoms with Crippen LogP contribution in [0.5, 0.6) is 0 Å². The second-order valence-electron chi connectivity index (χ2n) is 4.88. The SMILES string of the molecule is Nc1nnc(Cc2nc3ccc(Br)cc3s2)o1.O=C1CCCN1. The lowest BCUT2D eigenvalue weighted by Crippen LogP contribution is -2.12. The standard InChI is InChI=1S/C10H7BrN4OS.C4H7NO/c11-5-1-2-6-7(3-5)17-9(13-6)4-8-14-15-10(12)16-8;6-4-2-1-3-5-4/h1-3H,4H2,(H2,12,15);1-3H2,(H,5,6). The molecule has 0 aliphatic carbocycles. The van der Waals surface area contributed by atoms with Gasteiger partial charge in [-0.3, -0.25) is 4.79 Å². The summed E-state index contributed by atoms with van der Waals surface area (Å²) in [6, 6.07) is 6.07. The summed E-state index contributed by atoms with van der Waals surface area (Å²) in [5.41, 5.74) is 6.34. The summed E-state index contributed by atoms with van der Waals surface area (Å²) in [7, 11) is 0. The van der Waals surface area contributed by atoms with Gasteiger partial charge in [0.15, 0.2) is 0 Å². The van der Waals surface area contributed by atoms with E-state index >= 15 is 0 Å². The van der Waals surface area contributed by atoms with Gasteiger partial charge < -0.3 is 15.5 Å². The fourth-order valence-corrected chi connectivity index (χ4v) is 3.56. The largest absolute Gasteiger partial charge is 0.408 e. The molecule has 1 aliphatic rings. The zero-order valence-electron chi connectivity index (χ0n) is 12.1. The smallest absolute Gasteiger partial charge is 0.312 e. The molecule has 1 saturated heterocycles. The molecule has 23 heavy (non-hydrogen) atoms. The first-order valence-electron chi connectivity index (χ1n) is 6.99. The van der Waals surface area contributed by atoms with Crippen LogP contribution in [-0.2, 0) is 11.2 Å². The maximum absolute atomic E-state index is 10.1. The molecule has 9 heteroatoms. The maximum Gasteiger partial charge on any atom is 0.312 e. The van der Waals surface area contributed by atoms with Crippen molar-refractivity contribution >= 4 is 49.4 Å². The number of nitrogens with two attached hydrogens (primary N) is 1. The highest BCUT2D eigenvalue weighted by molar-refractivity contribution is 9.10. The maximum atomic E-state index is 10.1. The van der Waals surface area contributed by atoms with Crippen LogP contribution in [0, 0.1) is 0 Å². The van der Waals surface area contributed by atoms with Gasteiger partial charge in [-0.2, -0.15) is 0 Å². The topological polar surface area (TPSA) is 107 Å². The average Bonchev–Trinajstić information content (AvgIpc) is 3.22. The normalized spacial score (nSPS) is 13.7. The number of nitrogens with one attached hydrogen (secondary N) is 1. The lowest BCUT2D eigenvalue weighted by Gasteiger charge is -1.87. The quantitative estimate of drug-likeness (QED) is 0.689. The first-order chi connectivity index (χ1) is 11.1. The lowest BCUT2D eigenvalue weighted by molar-refractivity contribution is -0.119. The number of amides is 1. The summed E-state index contributed by atoms with van der Waals surface area (Å²) in [4.78, 5) is 14.6. The van der Waals surface area contributed by atoms with E-state index in [0.717, 1.165) is 39.1 Å². The molecule has 2 aromatic heterocycles. The van der Waals surface area contributed by atoms with Crippen molar-refractivity contribution in [3.63, 3.8) is 0 Å². The number of nitrogen functional groups attached to an aromatic ring is 1. The highest BCUT2D eigenvalue weighted by atomic mass is 79.9. The molecular formula is C14H14BrN5O2S. The lowest BCUT2D eigenvalue weighted by atomic mass is 10.3. The number of benzene rings is 1. The molecule has 0 spiro atoms. The summed E-state index contributed by atoms with van der Waals surface area (Å²) >= 11 is 5.04. The number of nitrogens with zero attached hydrogens (tertiary/aromatic N) is 3. The number of rotatable bonds is 2. The summed E-state index contributed by atoms with van der Waals surface area (Å²) < 4.78 is 7.29. The zero-order valence-corrected chi connectivity index (χ0v) is 14.5. The number of halogens is 1. The van der Waals surface area contributed by atoms with Crippen LogP contribution in [0.2, 0.25) is 0 Å². The van der Waals surface area contributed by atoms with Crippen LogP contribution in [0.1, 0.15) is 23.7 Å². The molecule has 1 aromatic carbocycles. The van der Waals surface area contributed by atoms with E-state index in [-0.39, 0.29) is 11.9 Å². The van der Waals surface area contributed by atoms with Crippen molar-refractivity contribution in [2.45, 2.75) is 19.3 Å². The van der Waals surface area contributed by atoms with E-state index < -0.39 is 0 Å². The van der Waals surface area contributed by atoms with Crippen LogP contribution in [-0.4, -0.2) is 27.6 Å². The van der Waals surface area contributed by atoms with Gasteiger partial charge in [-0.1, -0.05) is 21.0 Å². The molecule has 3 heterocycles. The summed E-state index contributed by atoms with van der Waals surface area (Å²) in [6.07, 6.45) is 2.28. The zero-order chi connectivity index (χ0) is 16.2. The molecule has 1 fully saturated rings. The van der Waals surface area contributed by atoms with Gasteiger partial charge in [0.25, 0.3) is 0 Å². The number of thiazole rings is 1. The minimum Gasteiger partial charge on any atom is -0.408 e. The van der Waals surface area contributed by atoms with Gasteiger partial charge in [-0.05, 0) is 24.6 Å². The highest BCUT2D eigenvalue weighted by Gasteiger charge is 2.09. The van der Waals surface area contributed by atoms with Crippen molar-refractivity contribution in [2.24, 2.45) is 0 Å². The number of anilines is 1. The van der Waals surface area contributed by atoms with Gasteiger partial charge in [0.05, 0.1) is 16.6 Å². The molecule has 3 N–H and O–H groups in total. The Morgan fingerprint density at radius 1 is 1.39 bits per heavy atom. The molecular weight excluding hydrogens is 382 g/mol.